The Balaban J connectivity index is 1.96. The molecule has 1 aromatic rings. The van der Waals surface area contributed by atoms with E-state index in [0.29, 0.717) is 6.04 Å². The highest BCUT2D eigenvalue weighted by Crippen LogP contribution is 2.28. The number of hydrogen-bond donors (Lipinski definition) is 1. The minimum absolute atomic E-state index is 0.0319. The summed E-state index contributed by atoms with van der Waals surface area (Å²) in [6.45, 7) is 13.1. The summed E-state index contributed by atoms with van der Waals surface area (Å²) >= 11 is 1.93. The molecular formula is C17H30N2OS. The number of rotatable bonds is 6. The lowest BCUT2D eigenvalue weighted by Gasteiger charge is -2.39. The van der Waals surface area contributed by atoms with E-state index >= 15 is 0 Å². The maximum Gasteiger partial charge on any atom is 0.0777 e. The van der Waals surface area contributed by atoms with Gasteiger partial charge < -0.3 is 10.1 Å². The first-order chi connectivity index (χ1) is 9.92. The predicted octanol–water partition coefficient (Wildman–Crippen LogP) is 3.56. The standard InChI is InChI=1S/C17H30N2OS/c1-13(2)18-10-16-9-15(14(3)21-16)11-19-8-6-7-17(4,12-19)20-5/h9,13,18H,6-8,10-12H2,1-5H3. The van der Waals surface area contributed by atoms with E-state index in [1.165, 1.54) is 34.7 Å². The van der Waals surface area contributed by atoms with E-state index in [-0.39, 0.29) is 5.60 Å². The summed E-state index contributed by atoms with van der Waals surface area (Å²) < 4.78 is 5.70. The maximum atomic E-state index is 5.70. The monoisotopic (exact) mass is 310 g/mol. The van der Waals surface area contributed by atoms with Crippen LogP contribution >= 0.6 is 11.3 Å². The third-order valence-electron chi connectivity index (χ3n) is 4.38. The molecule has 21 heavy (non-hydrogen) atoms. The highest BCUT2D eigenvalue weighted by Gasteiger charge is 2.30. The molecule has 1 aliphatic rings. The lowest BCUT2D eigenvalue weighted by Crippen LogP contribution is -2.46. The van der Waals surface area contributed by atoms with Crippen LogP contribution in [0.3, 0.4) is 0 Å². The van der Waals surface area contributed by atoms with Crippen LogP contribution in [-0.2, 0) is 17.8 Å². The number of nitrogens with one attached hydrogen (secondary N) is 1. The van der Waals surface area contributed by atoms with E-state index in [2.05, 4.69) is 44.0 Å². The van der Waals surface area contributed by atoms with Crippen LogP contribution in [-0.4, -0.2) is 36.7 Å². The molecule has 0 aromatic carbocycles. The third kappa shape index (κ3) is 4.78. The molecule has 0 saturated carbocycles. The summed E-state index contributed by atoms with van der Waals surface area (Å²) in [5, 5.41) is 3.50. The fourth-order valence-corrected chi connectivity index (χ4v) is 3.99. The predicted molar refractivity (Wildman–Crippen MR) is 91.0 cm³/mol. The van der Waals surface area contributed by atoms with Crippen LogP contribution in [0.25, 0.3) is 0 Å². The van der Waals surface area contributed by atoms with Gasteiger partial charge in [-0.15, -0.1) is 11.3 Å². The number of methoxy groups -OCH3 is 1. The third-order valence-corrected chi connectivity index (χ3v) is 5.47. The Morgan fingerprint density at radius 1 is 1.48 bits per heavy atom. The number of piperidine rings is 1. The molecule has 0 bridgehead atoms. The van der Waals surface area contributed by atoms with E-state index in [1.807, 2.05) is 18.4 Å². The van der Waals surface area contributed by atoms with Crippen molar-refractivity contribution in [2.75, 3.05) is 20.2 Å². The molecule has 2 rings (SSSR count). The molecule has 1 fully saturated rings. The van der Waals surface area contributed by atoms with Gasteiger partial charge in [-0.3, -0.25) is 4.90 Å². The van der Waals surface area contributed by atoms with Crippen molar-refractivity contribution in [3.05, 3.63) is 21.4 Å². The van der Waals surface area contributed by atoms with Crippen LogP contribution in [0, 0.1) is 6.92 Å². The molecular weight excluding hydrogens is 280 g/mol. The summed E-state index contributed by atoms with van der Waals surface area (Å²) in [5.41, 5.74) is 1.52. The molecule has 1 N–H and O–H groups in total. The van der Waals surface area contributed by atoms with Crippen LogP contribution in [0.2, 0.25) is 0 Å². The zero-order valence-electron chi connectivity index (χ0n) is 14.2. The number of likely N-dealkylation sites (tertiary alicyclic amines) is 1. The van der Waals surface area contributed by atoms with E-state index in [0.717, 1.165) is 19.6 Å². The summed E-state index contributed by atoms with van der Waals surface area (Å²) in [5.74, 6) is 0. The molecule has 1 aliphatic heterocycles. The van der Waals surface area contributed by atoms with Gasteiger partial charge in [0.15, 0.2) is 0 Å². The molecule has 0 radical (unpaired) electrons. The smallest absolute Gasteiger partial charge is 0.0777 e. The molecule has 4 heteroatoms. The second-order valence-corrected chi connectivity index (χ2v) is 8.14. The normalized spacial score (nSPS) is 23.9. The first-order valence-corrected chi connectivity index (χ1v) is 8.82. The van der Waals surface area contributed by atoms with Gasteiger partial charge in [0.2, 0.25) is 0 Å². The Morgan fingerprint density at radius 3 is 2.90 bits per heavy atom. The van der Waals surface area contributed by atoms with Gasteiger partial charge in [-0.05, 0) is 44.9 Å². The minimum Gasteiger partial charge on any atom is -0.377 e. The van der Waals surface area contributed by atoms with E-state index < -0.39 is 0 Å². The Labute approximate surface area is 133 Å². The van der Waals surface area contributed by atoms with Crippen LogP contribution in [0.1, 0.15) is 48.9 Å². The molecule has 1 atom stereocenters. The van der Waals surface area contributed by atoms with Gasteiger partial charge in [0, 0.05) is 42.5 Å². The second kappa shape index (κ2) is 7.23. The fourth-order valence-electron chi connectivity index (χ4n) is 2.99. The second-order valence-electron chi connectivity index (χ2n) is 6.80. The van der Waals surface area contributed by atoms with Gasteiger partial charge in [0.05, 0.1) is 5.60 Å². The van der Waals surface area contributed by atoms with Crippen molar-refractivity contribution in [1.29, 1.82) is 0 Å². The van der Waals surface area contributed by atoms with Crippen molar-refractivity contribution in [2.24, 2.45) is 0 Å². The van der Waals surface area contributed by atoms with Crippen LogP contribution < -0.4 is 5.32 Å². The summed E-state index contributed by atoms with van der Waals surface area (Å²) in [7, 11) is 1.84. The van der Waals surface area contributed by atoms with Gasteiger partial charge in [0.25, 0.3) is 0 Å². The highest BCUT2D eigenvalue weighted by atomic mass is 32.1. The summed E-state index contributed by atoms with van der Waals surface area (Å²) in [6.07, 6.45) is 2.40. The number of hydrogen-bond acceptors (Lipinski definition) is 4. The first kappa shape index (κ1) is 16.9. The molecule has 3 nitrogen and oxygen atoms in total. The zero-order chi connectivity index (χ0) is 15.5. The number of ether oxygens (including phenoxy) is 1. The van der Waals surface area contributed by atoms with Gasteiger partial charge in [-0.1, -0.05) is 13.8 Å². The van der Waals surface area contributed by atoms with Gasteiger partial charge in [-0.2, -0.15) is 0 Å². The summed E-state index contributed by atoms with van der Waals surface area (Å²) in [6, 6.07) is 2.93. The molecule has 120 valence electrons. The number of thiophene rings is 1. The quantitative estimate of drug-likeness (QED) is 0.869. The van der Waals surface area contributed by atoms with Crippen LogP contribution in [0.15, 0.2) is 6.07 Å². The van der Waals surface area contributed by atoms with Gasteiger partial charge in [-0.25, -0.2) is 0 Å². The number of aryl methyl sites for hydroxylation is 1. The SMILES string of the molecule is COC1(C)CCCN(Cc2cc(CNC(C)C)sc2C)C1. The van der Waals surface area contributed by atoms with Crippen molar-refractivity contribution < 1.29 is 4.74 Å². The van der Waals surface area contributed by atoms with Crippen molar-refractivity contribution in [3.8, 4) is 0 Å². The van der Waals surface area contributed by atoms with E-state index in [4.69, 9.17) is 4.74 Å². The average Bonchev–Trinajstić information content (AvgIpc) is 2.77. The molecule has 2 heterocycles. The lowest BCUT2D eigenvalue weighted by atomic mass is 9.94. The molecule has 1 saturated heterocycles. The fraction of sp³-hybridized carbons (Fsp3) is 0.765. The summed E-state index contributed by atoms with van der Waals surface area (Å²) in [4.78, 5) is 5.45. The molecule has 1 unspecified atom stereocenters. The Hall–Kier alpha value is -0.420. The van der Waals surface area contributed by atoms with E-state index in [9.17, 15) is 0 Å². The van der Waals surface area contributed by atoms with Crippen LogP contribution in [0.4, 0.5) is 0 Å². The molecule has 0 aliphatic carbocycles. The largest absolute Gasteiger partial charge is 0.377 e. The topological polar surface area (TPSA) is 24.5 Å². The van der Waals surface area contributed by atoms with Crippen molar-refractivity contribution in [1.82, 2.24) is 10.2 Å². The van der Waals surface area contributed by atoms with E-state index in [1.54, 1.807) is 0 Å². The Kier molecular flexibility index (Phi) is 5.83. The van der Waals surface area contributed by atoms with Gasteiger partial charge in [0.1, 0.15) is 0 Å². The van der Waals surface area contributed by atoms with Gasteiger partial charge >= 0.3 is 0 Å². The Bertz CT molecular complexity index is 458. The minimum atomic E-state index is 0.0319. The van der Waals surface area contributed by atoms with Crippen molar-refractivity contribution >= 4 is 11.3 Å². The lowest BCUT2D eigenvalue weighted by molar-refractivity contribution is -0.0527. The van der Waals surface area contributed by atoms with Crippen LogP contribution in [0.5, 0.6) is 0 Å². The zero-order valence-corrected chi connectivity index (χ0v) is 15.0. The maximum absolute atomic E-state index is 5.70. The average molecular weight is 311 g/mol. The molecule has 0 amide bonds. The van der Waals surface area contributed by atoms with Crippen molar-refractivity contribution in [3.63, 3.8) is 0 Å². The Morgan fingerprint density at radius 2 is 2.24 bits per heavy atom. The highest BCUT2D eigenvalue weighted by molar-refractivity contribution is 7.12. The molecule has 1 aromatic heterocycles. The van der Waals surface area contributed by atoms with Crippen molar-refractivity contribution in [2.45, 2.75) is 65.3 Å². The number of nitrogens with zero attached hydrogens (tertiary/aromatic N) is 1. The first-order valence-electron chi connectivity index (χ1n) is 8.01. The molecule has 0 spiro atoms.